The van der Waals surface area contributed by atoms with E-state index in [4.69, 9.17) is 0 Å². The van der Waals surface area contributed by atoms with Gasteiger partial charge in [-0.3, -0.25) is 9.59 Å². The summed E-state index contributed by atoms with van der Waals surface area (Å²) < 4.78 is 0. The lowest BCUT2D eigenvalue weighted by atomic mass is 9.85. The van der Waals surface area contributed by atoms with E-state index in [0.717, 1.165) is 0 Å². The van der Waals surface area contributed by atoms with Crippen LogP contribution in [0.4, 0.5) is 0 Å². The van der Waals surface area contributed by atoms with E-state index in [1.807, 2.05) is 20.8 Å². The largest absolute Gasteiger partial charge is 0.300 e. The molecule has 0 fully saturated rings. The van der Waals surface area contributed by atoms with Gasteiger partial charge in [0.05, 0.1) is 0 Å². The number of thiol groups is 1. The van der Waals surface area contributed by atoms with Gasteiger partial charge < -0.3 is 0 Å². The van der Waals surface area contributed by atoms with Gasteiger partial charge in [-0.2, -0.15) is 12.6 Å². The molecule has 0 aromatic carbocycles. The minimum atomic E-state index is -0.351. The van der Waals surface area contributed by atoms with E-state index < -0.39 is 0 Å². The van der Waals surface area contributed by atoms with Crippen molar-refractivity contribution in [1.29, 1.82) is 0 Å². The molecule has 0 rings (SSSR count). The minimum Gasteiger partial charge on any atom is -0.300 e. The summed E-state index contributed by atoms with van der Waals surface area (Å²) >= 11 is 4.05. The van der Waals surface area contributed by atoms with Gasteiger partial charge in [-0.25, -0.2) is 0 Å². The Hall–Kier alpha value is -0.310. The zero-order chi connectivity index (χ0) is 10.6. The maximum Gasteiger partial charge on any atom is 0.138 e. The van der Waals surface area contributed by atoms with E-state index in [9.17, 15) is 9.59 Å². The summed E-state index contributed by atoms with van der Waals surface area (Å²) in [5.41, 5.74) is -0.351. The quantitative estimate of drug-likeness (QED) is 0.709. The second-order valence-electron chi connectivity index (χ2n) is 4.37. The number of hydrogen-bond donors (Lipinski definition) is 1. The molecular weight excluding hydrogens is 184 g/mol. The van der Waals surface area contributed by atoms with Crippen molar-refractivity contribution in [3.63, 3.8) is 0 Å². The number of carbonyl (C=O) groups excluding carboxylic acids is 2. The molecule has 1 unspecified atom stereocenters. The monoisotopic (exact) mass is 202 g/mol. The second kappa shape index (κ2) is 4.80. The van der Waals surface area contributed by atoms with Crippen LogP contribution in [0.3, 0.4) is 0 Å². The highest BCUT2D eigenvalue weighted by molar-refractivity contribution is 7.80. The van der Waals surface area contributed by atoms with E-state index in [-0.39, 0.29) is 22.9 Å². The first-order chi connectivity index (χ1) is 5.79. The average molecular weight is 202 g/mol. The number of ketones is 2. The normalized spacial score (nSPS) is 13.9. The van der Waals surface area contributed by atoms with E-state index in [1.54, 1.807) is 0 Å². The second-order valence-corrected chi connectivity index (χ2v) is 4.73. The van der Waals surface area contributed by atoms with Crippen molar-refractivity contribution < 1.29 is 9.59 Å². The summed E-state index contributed by atoms with van der Waals surface area (Å²) in [6.45, 7) is 7.11. The van der Waals surface area contributed by atoms with Gasteiger partial charge in [-0.05, 0) is 6.92 Å². The molecule has 0 saturated heterocycles. The molecular formula is C10H18O2S. The number of carbonyl (C=O) groups is 2. The molecule has 0 N–H and O–H groups in total. The van der Waals surface area contributed by atoms with Crippen LogP contribution < -0.4 is 0 Å². The Morgan fingerprint density at radius 2 is 1.77 bits per heavy atom. The van der Waals surface area contributed by atoms with Crippen LogP contribution in [0.15, 0.2) is 0 Å². The SMILES string of the molecule is CC(=O)C(CS)CC(=O)C(C)(C)C. The molecule has 0 spiro atoms. The highest BCUT2D eigenvalue weighted by atomic mass is 32.1. The van der Waals surface area contributed by atoms with Crippen LogP contribution in [-0.4, -0.2) is 17.3 Å². The van der Waals surface area contributed by atoms with Crippen LogP contribution >= 0.6 is 12.6 Å². The van der Waals surface area contributed by atoms with Crippen molar-refractivity contribution in [2.45, 2.75) is 34.1 Å². The van der Waals surface area contributed by atoms with Crippen molar-refractivity contribution in [1.82, 2.24) is 0 Å². The maximum atomic E-state index is 11.6. The fourth-order valence-corrected chi connectivity index (χ4v) is 1.25. The molecule has 0 aliphatic heterocycles. The first kappa shape index (κ1) is 12.7. The van der Waals surface area contributed by atoms with Gasteiger partial charge >= 0.3 is 0 Å². The lowest BCUT2D eigenvalue weighted by Crippen LogP contribution is -2.26. The summed E-state index contributed by atoms with van der Waals surface area (Å²) in [7, 11) is 0. The van der Waals surface area contributed by atoms with Crippen molar-refractivity contribution >= 4 is 24.2 Å². The zero-order valence-electron chi connectivity index (χ0n) is 8.76. The molecule has 76 valence electrons. The van der Waals surface area contributed by atoms with Gasteiger partial charge in [0.2, 0.25) is 0 Å². The molecule has 3 heteroatoms. The third-order valence-corrected chi connectivity index (χ3v) is 2.50. The zero-order valence-corrected chi connectivity index (χ0v) is 9.65. The summed E-state index contributed by atoms with van der Waals surface area (Å²) in [6, 6.07) is 0. The molecule has 1 atom stereocenters. The molecule has 0 aliphatic carbocycles. The van der Waals surface area contributed by atoms with Crippen LogP contribution in [0, 0.1) is 11.3 Å². The topological polar surface area (TPSA) is 34.1 Å². The van der Waals surface area contributed by atoms with E-state index in [0.29, 0.717) is 12.2 Å². The molecule has 0 saturated carbocycles. The smallest absolute Gasteiger partial charge is 0.138 e. The van der Waals surface area contributed by atoms with Gasteiger partial charge in [-0.1, -0.05) is 20.8 Å². The lowest BCUT2D eigenvalue weighted by molar-refractivity contribution is -0.130. The van der Waals surface area contributed by atoms with Gasteiger partial charge in [0.1, 0.15) is 11.6 Å². The Morgan fingerprint density at radius 1 is 1.31 bits per heavy atom. The van der Waals surface area contributed by atoms with Crippen molar-refractivity contribution in [3.8, 4) is 0 Å². The molecule has 0 amide bonds. The van der Waals surface area contributed by atoms with Crippen molar-refractivity contribution in [3.05, 3.63) is 0 Å². The number of rotatable bonds is 4. The molecule has 0 bridgehead atoms. The minimum absolute atomic E-state index is 0.0487. The van der Waals surface area contributed by atoms with E-state index in [2.05, 4.69) is 12.6 Å². The Morgan fingerprint density at radius 3 is 2.00 bits per heavy atom. The molecule has 0 aromatic heterocycles. The Bertz CT molecular complexity index is 203. The fraction of sp³-hybridized carbons (Fsp3) is 0.800. The van der Waals surface area contributed by atoms with Gasteiger partial charge in [-0.15, -0.1) is 0 Å². The van der Waals surface area contributed by atoms with E-state index >= 15 is 0 Å². The van der Waals surface area contributed by atoms with Crippen molar-refractivity contribution in [2.75, 3.05) is 5.75 Å². The molecule has 0 aromatic rings. The third kappa shape index (κ3) is 4.46. The average Bonchev–Trinajstić information content (AvgIpc) is 1.96. The van der Waals surface area contributed by atoms with E-state index in [1.165, 1.54) is 6.92 Å². The Balaban J connectivity index is 4.26. The first-order valence-electron chi connectivity index (χ1n) is 4.43. The molecule has 0 aliphatic rings. The Kier molecular flexibility index (Phi) is 4.68. The summed E-state index contributed by atoms with van der Waals surface area (Å²) in [5.74, 6) is 0.418. The number of hydrogen-bond acceptors (Lipinski definition) is 3. The molecule has 0 heterocycles. The third-order valence-electron chi connectivity index (χ3n) is 2.06. The first-order valence-corrected chi connectivity index (χ1v) is 5.07. The van der Waals surface area contributed by atoms with Crippen LogP contribution in [-0.2, 0) is 9.59 Å². The van der Waals surface area contributed by atoms with Gasteiger partial charge in [0, 0.05) is 23.5 Å². The Labute approximate surface area is 85.5 Å². The standard InChI is InChI=1S/C10H18O2S/c1-7(11)8(6-13)5-9(12)10(2,3)4/h8,13H,5-6H2,1-4H3. The number of Topliss-reactive ketones (excluding diaryl/α,β-unsaturated/α-hetero) is 2. The lowest BCUT2D eigenvalue weighted by Gasteiger charge is -2.19. The predicted octanol–water partition coefficient (Wildman–Crippen LogP) is 2.13. The van der Waals surface area contributed by atoms with Gasteiger partial charge in [0.15, 0.2) is 0 Å². The maximum absolute atomic E-state index is 11.6. The summed E-state index contributed by atoms with van der Waals surface area (Å²) in [4.78, 5) is 22.6. The summed E-state index contributed by atoms with van der Waals surface area (Å²) in [5, 5.41) is 0. The van der Waals surface area contributed by atoms with Gasteiger partial charge in [0.25, 0.3) is 0 Å². The summed E-state index contributed by atoms with van der Waals surface area (Å²) in [6.07, 6.45) is 0.322. The predicted molar refractivity (Wildman–Crippen MR) is 57.1 cm³/mol. The van der Waals surface area contributed by atoms with Crippen LogP contribution in [0.25, 0.3) is 0 Å². The molecule has 13 heavy (non-hydrogen) atoms. The van der Waals surface area contributed by atoms with Crippen LogP contribution in [0.2, 0.25) is 0 Å². The highest BCUT2D eigenvalue weighted by Crippen LogP contribution is 2.20. The molecule has 0 radical (unpaired) electrons. The molecule has 2 nitrogen and oxygen atoms in total. The fourth-order valence-electron chi connectivity index (χ4n) is 0.867. The van der Waals surface area contributed by atoms with Crippen molar-refractivity contribution in [2.24, 2.45) is 11.3 Å². The van der Waals surface area contributed by atoms with Crippen LogP contribution in [0.1, 0.15) is 34.1 Å². The highest BCUT2D eigenvalue weighted by Gasteiger charge is 2.25. The van der Waals surface area contributed by atoms with Crippen LogP contribution in [0.5, 0.6) is 0 Å².